The molecule has 0 unspecified atom stereocenters. The Labute approximate surface area is 113 Å². The van der Waals surface area contributed by atoms with E-state index in [1.54, 1.807) is 31.4 Å². The highest BCUT2D eigenvalue weighted by atomic mass is 16.5. The summed E-state index contributed by atoms with van der Waals surface area (Å²) in [4.78, 5) is 11.7. The lowest BCUT2D eigenvalue weighted by Gasteiger charge is -2.10. The van der Waals surface area contributed by atoms with Crippen molar-refractivity contribution in [2.45, 2.75) is 6.92 Å². The number of benzene rings is 1. The van der Waals surface area contributed by atoms with Gasteiger partial charge in [-0.15, -0.1) is 0 Å². The summed E-state index contributed by atoms with van der Waals surface area (Å²) >= 11 is 0. The molecule has 0 radical (unpaired) electrons. The van der Waals surface area contributed by atoms with E-state index in [0.29, 0.717) is 17.1 Å². The summed E-state index contributed by atoms with van der Waals surface area (Å²) in [6.07, 6.45) is 3.45. The zero-order chi connectivity index (χ0) is 14.3. The number of carbonyl (C=O) groups excluding carboxylic acids is 1. The Balaban J connectivity index is 2.60. The van der Waals surface area contributed by atoms with Gasteiger partial charge in [0.25, 0.3) is 0 Å². The molecule has 0 aromatic heterocycles. The summed E-state index contributed by atoms with van der Waals surface area (Å²) in [6, 6.07) is 6.79. The van der Waals surface area contributed by atoms with Gasteiger partial charge in [-0.05, 0) is 25.1 Å². The number of hydrogen-bond donors (Lipinski definition) is 2. The monoisotopic (exact) mass is 258 g/mol. The summed E-state index contributed by atoms with van der Waals surface area (Å²) in [5, 5.41) is 5.29. The Kier molecular flexibility index (Phi) is 5.41. The number of rotatable bonds is 5. The molecular weight excluding hydrogens is 240 g/mol. The number of ether oxygens (including phenoxy) is 1. The number of nitrogens with one attached hydrogen (secondary N) is 2. The number of methoxy groups -OCH3 is 1. The van der Waals surface area contributed by atoms with Crippen molar-refractivity contribution in [2.75, 3.05) is 12.4 Å². The molecule has 0 fully saturated rings. The van der Waals surface area contributed by atoms with Gasteiger partial charge in [0.05, 0.1) is 12.8 Å². The molecule has 0 spiro atoms. The van der Waals surface area contributed by atoms with Crippen molar-refractivity contribution in [3.63, 3.8) is 0 Å². The van der Waals surface area contributed by atoms with Crippen LogP contribution in [0, 0.1) is 0 Å². The summed E-state index contributed by atoms with van der Waals surface area (Å²) in [6.45, 7) is 9.30. The molecule has 1 aromatic rings. The number of para-hydroxylation sites is 2. The van der Waals surface area contributed by atoms with Crippen LogP contribution in [0.3, 0.4) is 0 Å². The molecule has 4 heteroatoms. The van der Waals surface area contributed by atoms with E-state index in [4.69, 9.17) is 4.74 Å². The maximum atomic E-state index is 11.7. The van der Waals surface area contributed by atoms with Gasteiger partial charge < -0.3 is 15.4 Å². The summed E-state index contributed by atoms with van der Waals surface area (Å²) in [5.74, 6) is 0.598. The molecule has 1 aromatic carbocycles. The van der Waals surface area contributed by atoms with Crippen LogP contribution < -0.4 is 15.4 Å². The summed E-state index contributed by atoms with van der Waals surface area (Å²) in [7, 11) is 1.55. The third kappa shape index (κ3) is 5.12. The molecule has 0 heterocycles. The van der Waals surface area contributed by atoms with Crippen molar-refractivity contribution < 1.29 is 9.53 Å². The molecule has 0 bridgehead atoms. The average molecular weight is 258 g/mol. The molecule has 0 aliphatic rings. The fourth-order valence-corrected chi connectivity index (χ4v) is 1.33. The highest BCUT2D eigenvalue weighted by Crippen LogP contribution is 2.22. The van der Waals surface area contributed by atoms with Gasteiger partial charge in [0.15, 0.2) is 0 Å². The maximum absolute atomic E-state index is 11.7. The molecule has 0 aliphatic heterocycles. The Morgan fingerprint density at radius 3 is 2.58 bits per heavy atom. The quantitative estimate of drug-likeness (QED) is 0.795. The van der Waals surface area contributed by atoms with E-state index in [2.05, 4.69) is 23.8 Å². The minimum atomic E-state index is -0.374. The number of amides is 2. The fraction of sp³-hybridized carbons (Fsp3) is 0.133. The van der Waals surface area contributed by atoms with Crippen LogP contribution in [0.4, 0.5) is 10.5 Å². The number of urea groups is 1. The van der Waals surface area contributed by atoms with E-state index in [1.807, 2.05) is 19.1 Å². The third-order valence-electron chi connectivity index (χ3n) is 2.20. The zero-order valence-electron chi connectivity index (χ0n) is 11.2. The van der Waals surface area contributed by atoms with Gasteiger partial charge >= 0.3 is 6.03 Å². The lowest BCUT2D eigenvalue weighted by molar-refractivity contribution is 0.254. The second-order valence-corrected chi connectivity index (χ2v) is 3.98. The van der Waals surface area contributed by atoms with E-state index in [0.717, 1.165) is 5.57 Å². The molecular formula is C15H18N2O2. The van der Waals surface area contributed by atoms with Crippen LogP contribution in [-0.2, 0) is 0 Å². The average Bonchev–Trinajstić information content (AvgIpc) is 2.37. The second-order valence-electron chi connectivity index (χ2n) is 3.98. The predicted octanol–water partition coefficient (Wildman–Crippen LogP) is 3.46. The number of allylic oxidation sites excluding steroid dienone is 3. The highest BCUT2D eigenvalue weighted by molar-refractivity contribution is 5.92. The van der Waals surface area contributed by atoms with Gasteiger partial charge in [-0.2, -0.15) is 0 Å². The fourth-order valence-electron chi connectivity index (χ4n) is 1.33. The van der Waals surface area contributed by atoms with Crippen molar-refractivity contribution >= 4 is 11.7 Å². The van der Waals surface area contributed by atoms with Gasteiger partial charge in [0.2, 0.25) is 0 Å². The first-order valence-corrected chi connectivity index (χ1v) is 5.76. The van der Waals surface area contributed by atoms with Crippen LogP contribution in [0.25, 0.3) is 0 Å². The molecule has 2 N–H and O–H groups in total. The van der Waals surface area contributed by atoms with Gasteiger partial charge in [0.1, 0.15) is 5.75 Å². The molecule has 0 saturated carbocycles. The molecule has 100 valence electrons. The molecule has 0 aliphatic carbocycles. The molecule has 1 rings (SSSR count). The first-order chi connectivity index (χ1) is 9.02. The third-order valence-corrected chi connectivity index (χ3v) is 2.20. The van der Waals surface area contributed by atoms with Gasteiger partial charge in [-0.1, -0.05) is 36.9 Å². The van der Waals surface area contributed by atoms with Crippen molar-refractivity contribution in [1.29, 1.82) is 0 Å². The molecule has 0 saturated heterocycles. The van der Waals surface area contributed by atoms with Crippen LogP contribution in [0.1, 0.15) is 6.92 Å². The predicted molar refractivity (Wildman–Crippen MR) is 78.2 cm³/mol. The first-order valence-electron chi connectivity index (χ1n) is 5.76. The smallest absolute Gasteiger partial charge is 0.323 e. The van der Waals surface area contributed by atoms with Crippen molar-refractivity contribution in [3.8, 4) is 5.75 Å². The van der Waals surface area contributed by atoms with Crippen LogP contribution in [-0.4, -0.2) is 13.1 Å². The molecule has 4 nitrogen and oxygen atoms in total. The van der Waals surface area contributed by atoms with Crippen molar-refractivity contribution in [1.82, 2.24) is 5.32 Å². The topological polar surface area (TPSA) is 50.4 Å². The minimum Gasteiger partial charge on any atom is -0.495 e. The van der Waals surface area contributed by atoms with Crippen molar-refractivity contribution in [2.24, 2.45) is 0 Å². The van der Waals surface area contributed by atoms with E-state index in [1.165, 1.54) is 0 Å². The largest absolute Gasteiger partial charge is 0.495 e. The Hall–Kier alpha value is -2.49. The van der Waals surface area contributed by atoms with Crippen LogP contribution >= 0.6 is 0 Å². The van der Waals surface area contributed by atoms with E-state index in [-0.39, 0.29) is 6.03 Å². The molecule has 2 amide bonds. The van der Waals surface area contributed by atoms with E-state index in [9.17, 15) is 4.79 Å². The number of carbonyl (C=O) groups is 1. The molecule has 19 heavy (non-hydrogen) atoms. The van der Waals surface area contributed by atoms with E-state index >= 15 is 0 Å². The first kappa shape index (κ1) is 14.6. The SMILES string of the molecule is C=C(C)/C=C\C(=C)NC(=O)Nc1ccccc1OC. The Morgan fingerprint density at radius 2 is 1.95 bits per heavy atom. The number of hydrogen-bond acceptors (Lipinski definition) is 2. The molecule has 0 atom stereocenters. The Morgan fingerprint density at radius 1 is 1.26 bits per heavy atom. The lowest BCUT2D eigenvalue weighted by Crippen LogP contribution is -2.27. The van der Waals surface area contributed by atoms with Crippen molar-refractivity contribution in [3.05, 3.63) is 60.8 Å². The lowest BCUT2D eigenvalue weighted by atomic mass is 10.3. The van der Waals surface area contributed by atoms with Crippen LogP contribution in [0.2, 0.25) is 0 Å². The van der Waals surface area contributed by atoms with E-state index < -0.39 is 0 Å². The zero-order valence-corrected chi connectivity index (χ0v) is 11.2. The van der Waals surface area contributed by atoms with Gasteiger partial charge in [-0.3, -0.25) is 0 Å². The normalized spacial score (nSPS) is 10.0. The van der Waals surface area contributed by atoms with Crippen LogP contribution in [0.15, 0.2) is 60.8 Å². The van der Waals surface area contributed by atoms with Gasteiger partial charge in [0, 0.05) is 5.70 Å². The Bertz CT molecular complexity index is 519. The maximum Gasteiger partial charge on any atom is 0.323 e. The second kappa shape index (κ2) is 7.06. The summed E-state index contributed by atoms with van der Waals surface area (Å²) in [5.41, 5.74) is 1.96. The highest BCUT2D eigenvalue weighted by Gasteiger charge is 2.06. The summed E-state index contributed by atoms with van der Waals surface area (Å²) < 4.78 is 5.14. The standard InChI is InChI=1S/C15H18N2O2/c1-11(2)9-10-12(3)16-15(18)17-13-7-5-6-8-14(13)19-4/h5-10H,1,3H2,2,4H3,(H2,16,17,18)/b10-9-. The van der Waals surface area contributed by atoms with Crippen LogP contribution in [0.5, 0.6) is 5.75 Å². The van der Waals surface area contributed by atoms with Gasteiger partial charge in [-0.25, -0.2) is 4.79 Å². The minimum absolute atomic E-state index is 0.374. The number of anilines is 1.